The van der Waals surface area contributed by atoms with Crippen molar-refractivity contribution < 1.29 is 14.4 Å². The van der Waals surface area contributed by atoms with Gasteiger partial charge in [-0.2, -0.15) is 0 Å². The molecule has 0 spiro atoms. The van der Waals surface area contributed by atoms with Gasteiger partial charge in [-0.1, -0.05) is 60.4 Å². The van der Waals surface area contributed by atoms with Crippen LogP contribution in [-0.2, 0) is 13.0 Å². The maximum atomic E-state index is 11.3. The number of aliphatic hydroxyl groups excluding tert-OH is 1. The summed E-state index contributed by atoms with van der Waals surface area (Å²) in [6.45, 7) is 2.25. The first-order valence-corrected chi connectivity index (χ1v) is 10.6. The molecule has 0 aliphatic rings. The zero-order valence-corrected chi connectivity index (χ0v) is 17.9. The number of ether oxygens (including phenoxy) is 1. The van der Waals surface area contributed by atoms with Crippen LogP contribution in [0.3, 0.4) is 0 Å². The van der Waals surface area contributed by atoms with E-state index in [1.165, 1.54) is 0 Å². The van der Waals surface area contributed by atoms with Crippen LogP contribution in [-0.4, -0.2) is 15.2 Å². The maximum Gasteiger partial charge on any atom is 0.180 e. The second-order valence-electron chi connectivity index (χ2n) is 7.21. The van der Waals surface area contributed by atoms with Gasteiger partial charge in [-0.25, -0.2) is 0 Å². The zero-order chi connectivity index (χ0) is 21.6. The Kier molecular flexibility index (Phi) is 6.65. The summed E-state index contributed by atoms with van der Waals surface area (Å²) in [5, 5.41) is 16.3. The quantitative estimate of drug-likeness (QED) is 0.368. The molecule has 1 unspecified atom stereocenters. The molecule has 0 radical (unpaired) electrons. The van der Waals surface area contributed by atoms with E-state index in [9.17, 15) is 5.11 Å². The van der Waals surface area contributed by atoms with E-state index in [1.807, 2.05) is 54.6 Å². The fourth-order valence-electron chi connectivity index (χ4n) is 3.55. The number of hydrogen-bond acceptors (Lipinski definition) is 5. The lowest BCUT2D eigenvalue weighted by molar-refractivity contribution is 0.205. The Morgan fingerprint density at radius 1 is 1.10 bits per heavy atom. The Morgan fingerprint density at radius 3 is 2.68 bits per heavy atom. The first-order valence-electron chi connectivity index (χ1n) is 10.2. The molecule has 0 amide bonds. The third-order valence-corrected chi connectivity index (χ3v) is 5.27. The Labute approximate surface area is 186 Å². The van der Waals surface area contributed by atoms with Crippen LogP contribution < -0.4 is 4.74 Å². The lowest BCUT2D eigenvalue weighted by Crippen LogP contribution is -2.06. The number of rotatable bonds is 8. The van der Waals surface area contributed by atoms with Gasteiger partial charge in [-0.05, 0) is 42.3 Å². The minimum Gasteiger partial charge on any atom is -0.486 e. The topological polar surface area (TPSA) is 68.4 Å². The highest BCUT2D eigenvalue weighted by Crippen LogP contribution is 2.37. The predicted octanol–water partition coefficient (Wildman–Crippen LogP) is 6.00. The van der Waals surface area contributed by atoms with Gasteiger partial charge in [0.25, 0.3) is 0 Å². The highest BCUT2D eigenvalue weighted by atomic mass is 35.5. The molecule has 4 rings (SSSR count). The number of para-hydroxylation sites is 1. The zero-order valence-electron chi connectivity index (χ0n) is 17.2. The van der Waals surface area contributed by atoms with Crippen LogP contribution in [0.4, 0.5) is 0 Å². The van der Waals surface area contributed by atoms with Gasteiger partial charge < -0.3 is 14.4 Å². The van der Waals surface area contributed by atoms with Crippen LogP contribution >= 0.6 is 11.6 Å². The molecule has 4 aromatic rings. The van der Waals surface area contributed by atoms with Gasteiger partial charge in [0, 0.05) is 28.5 Å². The summed E-state index contributed by atoms with van der Waals surface area (Å²) in [5.41, 5.74) is 3.75. The van der Waals surface area contributed by atoms with Crippen molar-refractivity contribution in [3.63, 3.8) is 0 Å². The molecule has 0 aliphatic carbocycles. The standard InChI is InChI=1S/C25H23ClN2O3/c1-2-7-17-14-19(26)11-12-21(17)24-23(25(29)18-8-6-13-27-15-18)22(31-28-24)16-30-20-9-4-3-5-10-20/h3-6,8-15,25,29H,2,7,16H2,1H3. The average Bonchev–Trinajstić information content (AvgIpc) is 3.22. The number of aryl methyl sites for hydroxylation is 1. The van der Waals surface area contributed by atoms with Gasteiger partial charge in [0.2, 0.25) is 0 Å². The second-order valence-corrected chi connectivity index (χ2v) is 7.65. The maximum absolute atomic E-state index is 11.3. The van der Waals surface area contributed by atoms with Gasteiger partial charge in [-0.3, -0.25) is 4.98 Å². The predicted molar refractivity (Wildman–Crippen MR) is 120 cm³/mol. The molecule has 2 aromatic heterocycles. The molecule has 5 nitrogen and oxygen atoms in total. The number of benzene rings is 2. The largest absolute Gasteiger partial charge is 0.486 e. The van der Waals surface area contributed by atoms with Crippen molar-refractivity contribution in [1.82, 2.24) is 10.1 Å². The fraction of sp³-hybridized carbons (Fsp3) is 0.200. The third-order valence-electron chi connectivity index (χ3n) is 5.03. The van der Waals surface area contributed by atoms with Crippen LogP contribution in [0, 0.1) is 0 Å². The van der Waals surface area contributed by atoms with Gasteiger partial charge in [0.05, 0.1) is 5.56 Å². The van der Waals surface area contributed by atoms with Crippen molar-refractivity contribution in [1.29, 1.82) is 0 Å². The number of halogens is 1. The lowest BCUT2D eigenvalue weighted by Gasteiger charge is -2.14. The molecule has 2 aromatic carbocycles. The van der Waals surface area contributed by atoms with Gasteiger partial charge in [0.1, 0.15) is 24.2 Å². The summed E-state index contributed by atoms with van der Waals surface area (Å²) in [7, 11) is 0. The normalized spacial score (nSPS) is 12.0. The van der Waals surface area contributed by atoms with E-state index in [0.29, 0.717) is 33.4 Å². The van der Waals surface area contributed by atoms with Crippen molar-refractivity contribution in [3.05, 3.63) is 101 Å². The second kappa shape index (κ2) is 9.77. The van der Waals surface area contributed by atoms with Crippen LogP contribution in [0.5, 0.6) is 5.75 Å². The molecule has 0 fully saturated rings. The molecule has 0 aliphatic heterocycles. The van der Waals surface area contributed by atoms with E-state index in [0.717, 1.165) is 24.0 Å². The van der Waals surface area contributed by atoms with E-state index in [2.05, 4.69) is 17.1 Å². The summed E-state index contributed by atoms with van der Waals surface area (Å²) in [6, 6.07) is 18.8. The highest BCUT2D eigenvalue weighted by Gasteiger charge is 2.27. The summed E-state index contributed by atoms with van der Waals surface area (Å²) in [4.78, 5) is 4.14. The fourth-order valence-corrected chi connectivity index (χ4v) is 3.75. The molecule has 0 saturated carbocycles. The third kappa shape index (κ3) is 4.79. The van der Waals surface area contributed by atoms with Gasteiger partial charge in [0.15, 0.2) is 5.76 Å². The Bertz CT molecular complexity index is 1130. The van der Waals surface area contributed by atoms with Crippen LogP contribution in [0.2, 0.25) is 5.02 Å². The van der Waals surface area contributed by atoms with Crippen molar-refractivity contribution in [3.8, 4) is 17.0 Å². The Hall–Kier alpha value is -3.15. The number of aliphatic hydroxyl groups is 1. The lowest BCUT2D eigenvalue weighted by atomic mass is 9.93. The number of aromatic nitrogens is 2. The van der Waals surface area contributed by atoms with Crippen molar-refractivity contribution >= 4 is 11.6 Å². The van der Waals surface area contributed by atoms with Gasteiger partial charge in [-0.15, -0.1) is 0 Å². The first kappa shape index (κ1) is 21.1. The minimum absolute atomic E-state index is 0.139. The van der Waals surface area contributed by atoms with Crippen molar-refractivity contribution in [2.24, 2.45) is 0 Å². The summed E-state index contributed by atoms with van der Waals surface area (Å²) < 4.78 is 11.6. The highest BCUT2D eigenvalue weighted by molar-refractivity contribution is 6.30. The van der Waals surface area contributed by atoms with Crippen LogP contribution in [0.15, 0.2) is 77.6 Å². The summed E-state index contributed by atoms with van der Waals surface area (Å²) in [6.07, 6.45) is 4.13. The number of hydrogen-bond donors (Lipinski definition) is 1. The molecule has 2 heterocycles. The molecule has 1 atom stereocenters. The van der Waals surface area contributed by atoms with Crippen LogP contribution in [0.1, 0.15) is 41.9 Å². The van der Waals surface area contributed by atoms with Crippen molar-refractivity contribution in [2.75, 3.05) is 0 Å². The monoisotopic (exact) mass is 434 g/mol. The van der Waals surface area contributed by atoms with Crippen molar-refractivity contribution in [2.45, 2.75) is 32.5 Å². The minimum atomic E-state index is -0.963. The molecular formula is C25H23ClN2O3. The Morgan fingerprint density at radius 2 is 1.94 bits per heavy atom. The first-order chi connectivity index (χ1) is 15.2. The summed E-state index contributed by atoms with van der Waals surface area (Å²) in [5.74, 6) is 1.17. The molecule has 1 N–H and O–H groups in total. The van der Waals surface area contributed by atoms with Gasteiger partial charge >= 0.3 is 0 Å². The molecule has 31 heavy (non-hydrogen) atoms. The Balaban J connectivity index is 1.78. The smallest absolute Gasteiger partial charge is 0.180 e. The molecule has 6 heteroatoms. The SMILES string of the molecule is CCCc1cc(Cl)ccc1-c1noc(COc2ccccc2)c1C(O)c1cccnc1. The average molecular weight is 435 g/mol. The summed E-state index contributed by atoms with van der Waals surface area (Å²) >= 11 is 6.24. The van der Waals surface area contributed by atoms with E-state index in [1.54, 1.807) is 18.5 Å². The molecule has 0 saturated heterocycles. The van der Waals surface area contributed by atoms with E-state index in [4.69, 9.17) is 20.9 Å². The van der Waals surface area contributed by atoms with E-state index < -0.39 is 6.10 Å². The number of pyridine rings is 1. The van der Waals surface area contributed by atoms with E-state index >= 15 is 0 Å². The molecular weight excluding hydrogens is 412 g/mol. The molecule has 0 bridgehead atoms. The van der Waals surface area contributed by atoms with Crippen LogP contribution in [0.25, 0.3) is 11.3 Å². The number of nitrogens with zero attached hydrogens (tertiary/aromatic N) is 2. The molecule has 158 valence electrons. The van der Waals surface area contributed by atoms with E-state index in [-0.39, 0.29) is 6.61 Å².